The molecule has 1 rings (SSSR count). The number of carboxylic acids is 1. The summed E-state index contributed by atoms with van der Waals surface area (Å²) in [6, 6.07) is -0.107. The van der Waals surface area contributed by atoms with Crippen LogP contribution in [0.4, 0.5) is 0 Å². The molecule has 0 fully saturated rings. The molecule has 1 aliphatic rings. The Labute approximate surface area is 99.0 Å². The predicted octanol–water partition coefficient (Wildman–Crippen LogP) is -0.291. The van der Waals surface area contributed by atoms with Gasteiger partial charge in [0.2, 0.25) is 6.10 Å². The van der Waals surface area contributed by atoms with Gasteiger partial charge in [-0.3, -0.25) is 4.79 Å². The number of ether oxygens (including phenoxy) is 1. The third-order valence-electron chi connectivity index (χ3n) is 2.61. The molecule has 0 aromatic rings. The van der Waals surface area contributed by atoms with Crippen LogP contribution in [-0.2, 0) is 19.2 Å². The minimum Gasteiger partial charge on any atom is -0.477 e. The van der Waals surface area contributed by atoms with Gasteiger partial charge in [0.05, 0.1) is 12.6 Å². The lowest BCUT2D eigenvalue weighted by molar-refractivity contribution is -0.143. The van der Waals surface area contributed by atoms with E-state index in [1.165, 1.54) is 4.90 Å². The summed E-state index contributed by atoms with van der Waals surface area (Å²) in [6.07, 6.45) is -0.844. The SMILES string of the molecule is COCC(C)N(C)C(=O)C1CC(C(=O)O)=NO1. The van der Waals surface area contributed by atoms with E-state index in [0.717, 1.165) is 0 Å². The summed E-state index contributed by atoms with van der Waals surface area (Å²) < 4.78 is 4.94. The van der Waals surface area contributed by atoms with Crippen LogP contribution in [0, 0.1) is 0 Å². The number of nitrogens with zero attached hydrogens (tertiary/aromatic N) is 2. The van der Waals surface area contributed by atoms with Crippen molar-refractivity contribution in [1.82, 2.24) is 4.90 Å². The lowest BCUT2D eigenvalue weighted by Gasteiger charge is -2.25. The van der Waals surface area contributed by atoms with Gasteiger partial charge in [-0.15, -0.1) is 0 Å². The van der Waals surface area contributed by atoms with Gasteiger partial charge in [-0.1, -0.05) is 5.16 Å². The van der Waals surface area contributed by atoms with Crippen LogP contribution in [-0.4, -0.2) is 60.5 Å². The summed E-state index contributed by atoms with van der Waals surface area (Å²) in [7, 11) is 3.17. The second-order valence-corrected chi connectivity index (χ2v) is 3.89. The number of carbonyl (C=O) groups is 2. The molecule has 7 heteroatoms. The molecule has 2 atom stereocenters. The van der Waals surface area contributed by atoms with Crippen LogP contribution < -0.4 is 0 Å². The van der Waals surface area contributed by atoms with Gasteiger partial charge in [-0.05, 0) is 6.92 Å². The van der Waals surface area contributed by atoms with Gasteiger partial charge in [0, 0.05) is 20.6 Å². The lowest BCUT2D eigenvalue weighted by atomic mass is 10.1. The number of hydrogen-bond donors (Lipinski definition) is 1. The van der Waals surface area contributed by atoms with E-state index < -0.39 is 12.1 Å². The molecule has 0 spiro atoms. The van der Waals surface area contributed by atoms with Gasteiger partial charge in [0.15, 0.2) is 5.71 Å². The third-order valence-corrected chi connectivity index (χ3v) is 2.61. The number of aliphatic carboxylic acids is 1. The first-order valence-corrected chi connectivity index (χ1v) is 5.19. The van der Waals surface area contributed by atoms with E-state index in [4.69, 9.17) is 14.7 Å². The molecular formula is C10H16N2O5. The summed E-state index contributed by atoms with van der Waals surface area (Å²) in [6.45, 7) is 2.23. The van der Waals surface area contributed by atoms with E-state index in [0.29, 0.717) is 6.61 Å². The summed E-state index contributed by atoms with van der Waals surface area (Å²) in [4.78, 5) is 28.8. The number of carbonyl (C=O) groups excluding carboxylic acids is 1. The van der Waals surface area contributed by atoms with Crippen molar-refractivity contribution in [2.75, 3.05) is 20.8 Å². The second-order valence-electron chi connectivity index (χ2n) is 3.89. The highest BCUT2D eigenvalue weighted by Crippen LogP contribution is 2.14. The van der Waals surface area contributed by atoms with Crippen molar-refractivity contribution in [3.8, 4) is 0 Å². The average molecular weight is 244 g/mol. The predicted molar refractivity (Wildman–Crippen MR) is 58.7 cm³/mol. The maximum absolute atomic E-state index is 11.9. The largest absolute Gasteiger partial charge is 0.477 e. The highest BCUT2D eigenvalue weighted by molar-refractivity contribution is 6.36. The number of oxime groups is 1. The van der Waals surface area contributed by atoms with Crippen LogP contribution in [0.1, 0.15) is 13.3 Å². The Balaban J connectivity index is 2.53. The second kappa shape index (κ2) is 5.62. The first-order chi connectivity index (χ1) is 7.97. The molecule has 0 saturated carbocycles. The number of likely N-dealkylation sites (N-methyl/N-ethyl adjacent to an activating group) is 1. The number of amides is 1. The highest BCUT2D eigenvalue weighted by Gasteiger charge is 2.34. The minimum atomic E-state index is -1.16. The molecule has 1 heterocycles. The van der Waals surface area contributed by atoms with E-state index >= 15 is 0 Å². The average Bonchev–Trinajstić information content (AvgIpc) is 2.76. The van der Waals surface area contributed by atoms with E-state index in [2.05, 4.69) is 5.16 Å². The molecule has 0 aromatic heterocycles. The standard InChI is InChI=1S/C10H16N2O5/c1-6(5-16-3)12(2)9(13)8-4-7(10(14)15)11-17-8/h6,8H,4-5H2,1-3H3,(H,14,15). The first-order valence-electron chi connectivity index (χ1n) is 5.19. The van der Waals surface area contributed by atoms with Crippen LogP contribution in [0.25, 0.3) is 0 Å². The Hall–Kier alpha value is -1.63. The highest BCUT2D eigenvalue weighted by atomic mass is 16.6. The normalized spacial score (nSPS) is 20.4. The van der Waals surface area contributed by atoms with Crippen LogP contribution in [0.3, 0.4) is 0 Å². The maximum atomic E-state index is 11.9. The molecule has 0 radical (unpaired) electrons. The summed E-state index contributed by atoms with van der Waals surface area (Å²) >= 11 is 0. The van der Waals surface area contributed by atoms with Gasteiger partial charge in [-0.25, -0.2) is 4.79 Å². The quantitative estimate of drug-likeness (QED) is 0.717. The van der Waals surface area contributed by atoms with Crippen LogP contribution in [0.5, 0.6) is 0 Å². The Kier molecular flexibility index (Phi) is 4.45. The van der Waals surface area contributed by atoms with E-state index in [1.54, 1.807) is 14.2 Å². The fourth-order valence-electron chi connectivity index (χ4n) is 1.43. The van der Waals surface area contributed by atoms with Crippen molar-refractivity contribution in [1.29, 1.82) is 0 Å². The number of rotatable bonds is 5. The summed E-state index contributed by atoms with van der Waals surface area (Å²) in [5.74, 6) is -1.46. The zero-order valence-corrected chi connectivity index (χ0v) is 10.0. The van der Waals surface area contributed by atoms with Crippen LogP contribution >= 0.6 is 0 Å². The van der Waals surface area contributed by atoms with Crippen molar-refractivity contribution in [3.05, 3.63) is 0 Å². The molecule has 2 unspecified atom stereocenters. The van der Waals surface area contributed by atoms with Crippen LogP contribution in [0.2, 0.25) is 0 Å². The fraction of sp³-hybridized carbons (Fsp3) is 0.700. The molecule has 0 aromatic carbocycles. The van der Waals surface area contributed by atoms with Crippen molar-refractivity contribution in [2.45, 2.75) is 25.5 Å². The van der Waals surface area contributed by atoms with Gasteiger partial charge in [0.1, 0.15) is 0 Å². The third kappa shape index (κ3) is 3.16. The zero-order chi connectivity index (χ0) is 13.0. The number of carboxylic acid groups (broad SMARTS) is 1. The minimum absolute atomic E-state index is 0.00178. The Morgan fingerprint density at radius 3 is 2.82 bits per heavy atom. The van der Waals surface area contributed by atoms with Gasteiger partial charge < -0.3 is 19.6 Å². The van der Waals surface area contributed by atoms with Gasteiger partial charge in [0.25, 0.3) is 5.91 Å². The van der Waals surface area contributed by atoms with Crippen LogP contribution in [0.15, 0.2) is 5.16 Å². The van der Waals surface area contributed by atoms with Gasteiger partial charge >= 0.3 is 5.97 Å². The number of hydrogen-bond acceptors (Lipinski definition) is 5. The summed E-state index contributed by atoms with van der Waals surface area (Å²) in [5, 5.41) is 12.1. The van der Waals surface area contributed by atoms with E-state index in [1.807, 2.05) is 6.92 Å². The topological polar surface area (TPSA) is 88.4 Å². The molecule has 0 aliphatic carbocycles. The van der Waals surface area contributed by atoms with Crippen molar-refractivity contribution >= 4 is 17.6 Å². The zero-order valence-electron chi connectivity index (χ0n) is 10.0. The van der Waals surface area contributed by atoms with Crippen molar-refractivity contribution < 1.29 is 24.3 Å². The number of methoxy groups -OCH3 is 1. The smallest absolute Gasteiger partial charge is 0.353 e. The monoisotopic (exact) mass is 244 g/mol. The molecule has 1 aliphatic heterocycles. The Morgan fingerprint density at radius 1 is 1.71 bits per heavy atom. The Morgan fingerprint density at radius 2 is 2.35 bits per heavy atom. The molecule has 96 valence electrons. The molecular weight excluding hydrogens is 228 g/mol. The molecule has 1 amide bonds. The summed E-state index contributed by atoms with van der Waals surface area (Å²) in [5.41, 5.74) is -0.129. The van der Waals surface area contributed by atoms with Gasteiger partial charge in [-0.2, -0.15) is 0 Å². The van der Waals surface area contributed by atoms with Crippen molar-refractivity contribution in [2.24, 2.45) is 5.16 Å². The maximum Gasteiger partial charge on any atom is 0.353 e. The molecule has 1 N–H and O–H groups in total. The lowest BCUT2D eigenvalue weighted by Crippen LogP contribution is -2.43. The molecule has 17 heavy (non-hydrogen) atoms. The van der Waals surface area contributed by atoms with E-state index in [-0.39, 0.29) is 24.1 Å². The van der Waals surface area contributed by atoms with Crippen molar-refractivity contribution in [3.63, 3.8) is 0 Å². The van der Waals surface area contributed by atoms with E-state index in [9.17, 15) is 9.59 Å². The molecule has 0 saturated heterocycles. The first kappa shape index (κ1) is 13.4. The molecule has 7 nitrogen and oxygen atoms in total. The Bertz CT molecular complexity index is 342. The molecule has 0 bridgehead atoms. The fourth-order valence-corrected chi connectivity index (χ4v) is 1.43.